The highest BCUT2D eigenvalue weighted by atomic mass is 16.4. The van der Waals surface area contributed by atoms with E-state index in [0.717, 1.165) is 12.8 Å². The van der Waals surface area contributed by atoms with Crippen LogP contribution in [0.3, 0.4) is 0 Å². The molecule has 0 spiro atoms. The summed E-state index contributed by atoms with van der Waals surface area (Å²) in [6.07, 6.45) is 5.06. The summed E-state index contributed by atoms with van der Waals surface area (Å²) in [5.41, 5.74) is 0. The molecule has 5 nitrogen and oxygen atoms in total. The highest BCUT2D eigenvalue weighted by molar-refractivity contribution is 5.77. The first kappa shape index (κ1) is 11.2. The van der Waals surface area contributed by atoms with Gasteiger partial charge in [-0.3, -0.25) is 4.79 Å². The number of amides is 2. The third kappa shape index (κ3) is 2.46. The van der Waals surface area contributed by atoms with Crippen molar-refractivity contribution in [1.29, 1.82) is 0 Å². The van der Waals surface area contributed by atoms with Crippen LogP contribution in [0, 0.1) is 5.92 Å². The number of carbonyl (C=O) groups excluding carboxylic acids is 1. The summed E-state index contributed by atoms with van der Waals surface area (Å²) >= 11 is 0. The fourth-order valence-corrected chi connectivity index (χ4v) is 2.48. The maximum Gasteiger partial charge on any atom is 0.317 e. The Morgan fingerprint density at radius 3 is 2.44 bits per heavy atom. The third-order valence-electron chi connectivity index (χ3n) is 3.51. The van der Waals surface area contributed by atoms with Crippen molar-refractivity contribution in [3.05, 3.63) is 0 Å². The number of likely N-dealkylation sites (tertiary alicyclic amines) is 1. The van der Waals surface area contributed by atoms with Crippen LogP contribution in [-0.4, -0.2) is 41.1 Å². The first-order valence-electron chi connectivity index (χ1n) is 5.95. The zero-order valence-corrected chi connectivity index (χ0v) is 9.32. The van der Waals surface area contributed by atoms with Crippen molar-refractivity contribution in [1.82, 2.24) is 10.2 Å². The molecule has 16 heavy (non-hydrogen) atoms. The Kier molecular flexibility index (Phi) is 3.31. The number of rotatable bonds is 2. The minimum atomic E-state index is -0.795. The van der Waals surface area contributed by atoms with Crippen LogP contribution in [0.15, 0.2) is 0 Å². The number of carboxylic acid groups (broad SMARTS) is 1. The molecule has 5 heteroatoms. The van der Waals surface area contributed by atoms with Gasteiger partial charge in [-0.05, 0) is 19.3 Å². The van der Waals surface area contributed by atoms with Gasteiger partial charge in [-0.2, -0.15) is 0 Å². The predicted octanol–water partition coefficient (Wildman–Crippen LogP) is 1.05. The Morgan fingerprint density at radius 2 is 1.88 bits per heavy atom. The second kappa shape index (κ2) is 4.72. The van der Waals surface area contributed by atoms with Crippen molar-refractivity contribution in [3.63, 3.8) is 0 Å². The molecule has 2 aliphatic rings. The molecule has 1 aliphatic carbocycles. The van der Waals surface area contributed by atoms with Gasteiger partial charge in [0, 0.05) is 19.1 Å². The van der Waals surface area contributed by atoms with E-state index in [1.165, 1.54) is 12.8 Å². The van der Waals surface area contributed by atoms with Gasteiger partial charge in [-0.25, -0.2) is 4.79 Å². The average molecular weight is 226 g/mol. The number of hydrogen-bond donors (Lipinski definition) is 2. The summed E-state index contributed by atoms with van der Waals surface area (Å²) in [5.74, 6) is -1.18. The van der Waals surface area contributed by atoms with Gasteiger partial charge >= 0.3 is 12.0 Å². The lowest BCUT2D eigenvalue weighted by molar-refractivity contribution is -0.141. The van der Waals surface area contributed by atoms with Crippen molar-refractivity contribution in [3.8, 4) is 0 Å². The van der Waals surface area contributed by atoms with Crippen LogP contribution in [0.25, 0.3) is 0 Å². The molecule has 2 fully saturated rings. The number of nitrogens with zero attached hydrogens (tertiary/aromatic N) is 1. The van der Waals surface area contributed by atoms with Crippen molar-refractivity contribution >= 4 is 12.0 Å². The Bertz CT molecular complexity index is 287. The van der Waals surface area contributed by atoms with Gasteiger partial charge in [-0.15, -0.1) is 0 Å². The number of carboxylic acids is 1. The normalized spacial score (nSPS) is 26.0. The summed E-state index contributed by atoms with van der Waals surface area (Å²) in [5, 5.41) is 11.8. The van der Waals surface area contributed by atoms with Crippen LogP contribution in [0.1, 0.15) is 32.1 Å². The van der Waals surface area contributed by atoms with Gasteiger partial charge in [0.1, 0.15) is 0 Å². The fourth-order valence-electron chi connectivity index (χ4n) is 2.48. The van der Waals surface area contributed by atoms with E-state index in [0.29, 0.717) is 25.6 Å². The van der Waals surface area contributed by atoms with Crippen LogP contribution in [0.4, 0.5) is 4.79 Å². The fraction of sp³-hybridized carbons (Fsp3) is 0.818. The Morgan fingerprint density at radius 1 is 1.19 bits per heavy atom. The zero-order chi connectivity index (χ0) is 11.5. The summed E-state index contributed by atoms with van der Waals surface area (Å²) < 4.78 is 0. The molecule has 0 aromatic rings. The minimum Gasteiger partial charge on any atom is -0.481 e. The molecular weight excluding hydrogens is 208 g/mol. The van der Waals surface area contributed by atoms with E-state index in [1.54, 1.807) is 4.90 Å². The lowest BCUT2D eigenvalue weighted by atomic mass is 10.1. The molecule has 0 radical (unpaired) electrons. The molecule has 1 saturated heterocycles. The van der Waals surface area contributed by atoms with Gasteiger partial charge in [-0.1, -0.05) is 12.8 Å². The summed E-state index contributed by atoms with van der Waals surface area (Å²) in [4.78, 5) is 24.2. The lowest BCUT2D eigenvalue weighted by Crippen LogP contribution is -2.43. The number of aliphatic carboxylic acids is 1. The topological polar surface area (TPSA) is 69.6 Å². The number of carbonyl (C=O) groups is 2. The number of urea groups is 1. The Hall–Kier alpha value is -1.26. The minimum absolute atomic E-state index is 0.0874. The van der Waals surface area contributed by atoms with E-state index in [2.05, 4.69) is 5.32 Å². The molecular formula is C11H18N2O3. The Labute approximate surface area is 94.8 Å². The van der Waals surface area contributed by atoms with E-state index >= 15 is 0 Å². The van der Waals surface area contributed by atoms with Crippen LogP contribution in [0.2, 0.25) is 0 Å². The standard InChI is InChI=1S/C11H18N2O3/c14-10(15)8-5-6-13(7-8)11(16)12-9-3-1-2-4-9/h8-9H,1-7H2,(H,12,16)(H,14,15). The first-order valence-corrected chi connectivity index (χ1v) is 5.95. The monoisotopic (exact) mass is 226 g/mol. The van der Waals surface area contributed by atoms with Crippen molar-refractivity contribution < 1.29 is 14.7 Å². The smallest absolute Gasteiger partial charge is 0.317 e. The predicted molar refractivity (Wildman–Crippen MR) is 58.1 cm³/mol. The molecule has 1 aliphatic heterocycles. The van der Waals surface area contributed by atoms with Crippen LogP contribution < -0.4 is 5.32 Å². The second-order valence-corrected chi connectivity index (χ2v) is 4.70. The van der Waals surface area contributed by atoms with Crippen LogP contribution in [0.5, 0.6) is 0 Å². The van der Waals surface area contributed by atoms with Gasteiger partial charge in [0.25, 0.3) is 0 Å². The van der Waals surface area contributed by atoms with Crippen molar-refractivity contribution in [2.24, 2.45) is 5.92 Å². The van der Waals surface area contributed by atoms with E-state index in [4.69, 9.17) is 5.11 Å². The SMILES string of the molecule is O=C(O)C1CCN(C(=O)NC2CCCC2)C1. The summed E-state index contributed by atoms with van der Waals surface area (Å²) in [6, 6.07) is 0.215. The van der Waals surface area contributed by atoms with E-state index < -0.39 is 5.97 Å². The molecule has 2 N–H and O–H groups in total. The molecule has 0 aromatic carbocycles. The highest BCUT2D eigenvalue weighted by Crippen LogP contribution is 2.20. The molecule has 1 heterocycles. The molecule has 2 amide bonds. The Balaban J connectivity index is 1.79. The average Bonchev–Trinajstić information content (AvgIpc) is 2.86. The molecule has 0 aromatic heterocycles. The van der Waals surface area contributed by atoms with Gasteiger partial charge in [0.2, 0.25) is 0 Å². The first-order chi connectivity index (χ1) is 7.66. The van der Waals surface area contributed by atoms with E-state index in [9.17, 15) is 9.59 Å². The largest absolute Gasteiger partial charge is 0.481 e. The van der Waals surface area contributed by atoms with Crippen LogP contribution in [-0.2, 0) is 4.79 Å². The zero-order valence-electron chi connectivity index (χ0n) is 9.32. The van der Waals surface area contributed by atoms with Gasteiger partial charge < -0.3 is 15.3 Å². The van der Waals surface area contributed by atoms with Crippen molar-refractivity contribution in [2.75, 3.05) is 13.1 Å². The highest BCUT2D eigenvalue weighted by Gasteiger charge is 2.31. The molecule has 1 saturated carbocycles. The number of hydrogen-bond acceptors (Lipinski definition) is 2. The van der Waals surface area contributed by atoms with Crippen molar-refractivity contribution in [2.45, 2.75) is 38.1 Å². The molecule has 0 bridgehead atoms. The molecule has 1 atom stereocenters. The summed E-state index contributed by atoms with van der Waals surface area (Å²) in [6.45, 7) is 0.920. The quantitative estimate of drug-likeness (QED) is 0.739. The maximum atomic E-state index is 11.8. The molecule has 2 rings (SSSR count). The van der Waals surface area contributed by atoms with Gasteiger partial charge in [0.15, 0.2) is 0 Å². The number of nitrogens with one attached hydrogen (secondary N) is 1. The van der Waals surface area contributed by atoms with Crippen LogP contribution >= 0.6 is 0 Å². The molecule has 1 unspecified atom stereocenters. The maximum absolute atomic E-state index is 11.8. The lowest BCUT2D eigenvalue weighted by Gasteiger charge is -2.20. The van der Waals surface area contributed by atoms with Gasteiger partial charge in [0.05, 0.1) is 5.92 Å². The van der Waals surface area contributed by atoms with E-state index in [-0.39, 0.29) is 11.9 Å². The summed E-state index contributed by atoms with van der Waals surface area (Å²) in [7, 11) is 0. The second-order valence-electron chi connectivity index (χ2n) is 4.70. The third-order valence-corrected chi connectivity index (χ3v) is 3.51. The molecule has 90 valence electrons. The van der Waals surface area contributed by atoms with E-state index in [1.807, 2.05) is 0 Å².